The highest BCUT2D eigenvalue weighted by Crippen LogP contribution is 2.34. The molecule has 0 N–H and O–H groups in total. The van der Waals surface area contributed by atoms with Crippen LogP contribution in [0.2, 0.25) is 0 Å². The summed E-state index contributed by atoms with van der Waals surface area (Å²) in [5.74, 6) is 0.103. The average Bonchev–Trinajstić information content (AvgIpc) is 3.09. The zero-order valence-electron chi connectivity index (χ0n) is 13.8. The zero-order chi connectivity index (χ0) is 16.6. The van der Waals surface area contributed by atoms with Crippen LogP contribution in [-0.2, 0) is 11.2 Å². The Kier molecular flexibility index (Phi) is 4.39. The quantitative estimate of drug-likeness (QED) is 0.806. The molecule has 0 saturated heterocycles. The third kappa shape index (κ3) is 2.97. The molecule has 0 saturated carbocycles. The fourth-order valence-corrected chi connectivity index (χ4v) is 3.86. The number of rotatable bonds is 4. The first-order chi connectivity index (χ1) is 11.0. The maximum Gasteiger partial charge on any atom is 0.240 e. The van der Waals surface area contributed by atoms with Crippen molar-refractivity contribution < 1.29 is 4.79 Å². The Morgan fingerprint density at radius 3 is 2.78 bits per heavy atom. The second kappa shape index (κ2) is 6.31. The van der Waals surface area contributed by atoms with Gasteiger partial charge in [0.15, 0.2) is 0 Å². The van der Waals surface area contributed by atoms with Gasteiger partial charge in [-0.1, -0.05) is 30.0 Å². The largest absolute Gasteiger partial charge is 0.308 e. The minimum Gasteiger partial charge on any atom is -0.308 e. The van der Waals surface area contributed by atoms with Crippen LogP contribution in [0.1, 0.15) is 39.3 Å². The van der Waals surface area contributed by atoms with Crippen molar-refractivity contribution >= 4 is 23.4 Å². The topological polar surface area (TPSA) is 63.9 Å². The SMILES string of the molecule is CC(Sc1nnnn1C(C)C)C(=O)N1c2ccccc2CC1C. The van der Waals surface area contributed by atoms with Crippen molar-refractivity contribution in [2.24, 2.45) is 0 Å². The molecule has 1 amide bonds. The number of carbonyl (C=O) groups is 1. The van der Waals surface area contributed by atoms with Crippen molar-refractivity contribution in [2.75, 3.05) is 4.90 Å². The van der Waals surface area contributed by atoms with Gasteiger partial charge in [0.1, 0.15) is 0 Å². The van der Waals surface area contributed by atoms with E-state index in [4.69, 9.17) is 0 Å². The van der Waals surface area contributed by atoms with Crippen LogP contribution in [-0.4, -0.2) is 37.4 Å². The molecule has 23 heavy (non-hydrogen) atoms. The summed E-state index contributed by atoms with van der Waals surface area (Å²) in [6, 6.07) is 8.47. The van der Waals surface area contributed by atoms with Gasteiger partial charge in [-0.25, -0.2) is 4.68 Å². The summed E-state index contributed by atoms with van der Waals surface area (Å²) in [5.41, 5.74) is 2.26. The molecule has 7 heteroatoms. The van der Waals surface area contributed by atoms with Crippen LogP contribution in [0.25, 0.3) is 0 Å². The lowest BCUT2D eigenvalue weighted by molar-refractivity contribution is -0.118. The maximum atomic E-state index is 13.0. The molecule has 0 aliphatic carbocycles. The van der Waals surface area contributed by atoms with Gasteiger partial charge in [-0.3, -0.25) is 4.79 Å². The van der Waals surface area contributed by atoms with Crippen molar-refractivity contribution in [2.45, 2.75) is 56.6 Å². The molecule has 2 heterocycles. The van der Waals surface area contributed by atoms with Crippen LogP contribution >= 0.6 is 11.8 Å². The number of hydrogen-bond acceptors (Lipinski definition) is 5. The fraction of sp³-hybridized carbons (Fsp3) is 0.500. The third-order valence-corrected chi connectivity index (χ3v) is 5.06. The van der Waals surface area contributed by atoms with E-state index in [1.165, 1.54) is 17.3 Å². The van der Waals surface area contributed by atoms with Gasteiger partial charge < -0.3 is 4.90 Å². The van der Waals surface area contributed by atoms with E-state index in [1.807, 2.05) is 43.9 Å². The Bertz CT molecular complexity index is 714. The summed E-state index contributed by atoms with van der Waals surface area (Å²) < 4.78 is 1.75. The van der Waals surface area contributed by atoms with Crippen LogP contribution in [0.5, 0.6) is 0 Å². The normalized spacial score (nSPS) is 18.3. The fourth-order valence-electron chi connectivity index (χ4n) is 2.89. The molecule has 1 aromatic carbocycles. The lowest BCUT2D eigenvalue weighted by atomic mass is 10.1. The van der Waals surface area contributed by atoms with E-state index in [-0.39, 0.29) is 23.2 Å². The number of nitrogens with zero attached hydrogens (tertiary/aromatic N) is 5. The van der Waals surface area contributed by atoms with Gasteiger partial charge in [-0.15, -0.1) is 5.10 Å². The molecule has 0 fully saturated rings. The summed E-state index contributed by atoms with van der Waals surface area (Å²) >= 11 is 1.41. The Morgan fingerprint density at radius 1 is 1.30 bits per heavy atom. The average molecular weight is 331 g/mol. The van der Waals surface area contributed by atoms with Crippen LogP contribution in [0.3, 0.4) is 0 Å². The molecule has 2 unspecified atom stereocenters. The molecule has 2 aromatic rings. The summed E-state index contributed by atoms with van der Waals surface area (Å²) in [6.07, 6.45) is 0.906. The number of amides is 1. The van der Waals surface area contributed by atoms with Crippen molar-refractivity contribution in [3.63, 3.8) is 0 Å². The van der Waals surface area contributed by atoms with Crippen LogP contribution < -0.4 is 4.90 Å². The van der Waals surface area contributed by atoms with Crippen LogP contribution in [0.15, 0.2) is 29.4 Å². The molecule has 1 aliphatic heterocycles. The first-order valence-electron chi connectivity index (χ1n) is 7.84. The monoisotopic (exact) mass is 331 g/mol. The van der Waals surface area contributed by atoms with Crippen molar-refractivity contribution in [3.8, 4) is 0 Å². The predicted molar refractivity (Wildman–Crippen MR) is 90.6 cm³/mol. The minimum absolute atomic E-state index is 0.103. The zero-order valence-corrected chi connectivity index (χ0v) is 14.6. The number of anilines is 1. The smallest absolute Gasteiger partial charge is 0.240 e. The number of benzene rings is 1. The van der Waals surface area contributed by atoms with Crippen molar-refractivity contribution in [1.82, 2.24) is 20.2 Å². The Labute approximate surface area is 140 Å². The standard InChI is InChI=1S/C16H21N5OS/c1-10(2)21-16(17-18-19-21)23-12(4)15(22)20-11(3)9-13-7-5-6-8-14(13)20/h5-8,10-12H,9H2,1-4H3. The molecule has 122 valence electrons. The number of hydrogen-bond donors (Lipinski definition) is 0. The number of tetrazole rings is 1. The highest BCUT2D eigenvalue weighted by Gasteiger charge is 2.34. The van der Waals surface area contributed by atoms with Crippen molar-refractivity contribution in [3.05, 3.63) is 29.8 Å². The van der Waals surface area contributed by atoms with Gasteiger partial charge in [0.25, 0.3) is 0 Å². The molecule has 0 spiro atoms. The lowest BCUT2D eigenvalue weighted by Crippen LogP contribution is -2.40. The van der Waals surface area contributed by atoms with Crippen LogP contribution in [0.4, 0.5) is 5.69 Å². The van der Waals surface area contributed by atoms with E-state index in [9.17, 15) is 4.79 Å². The molecule has 3 rings (SSSR count). The van der Waals surface area contributed by atoms with Gasteiger partial charge in [-0.2, -0.15) is 0 Å². The van der Waals surface area contributed by atoms with Crippen molar-refractivity contribution in [1.29, 1.82) is 0 Å². The van der Waals surface area contributed by atoms with E-state index < -0.39 is 0 Å². The number of aromatic nitrogens is 4. The van der Waals surface area contributed by atoms with E-state index in [2.05, 4.69) is 28.5 Å². The minimum atomic E-state index is -0.243. The molecule has 1 aliphatic rings. The summed E-state index contributed by atoms with van der Waals surface area (Å²) in [4.78, 5) is 14.9. The second-order valence-corrected chi connectivity index (χ2v) is 7.46. The number of fused-ring (bicyclic) bond motifs is 1. The third-order valence-electron chi connectivity index (χ3n) is 4.03. The first kappa shape index (κ1) is 16.0. The maximum absolute atomic E-state index is 13.0. The van der Waals surface area contributed by atoms with Gasteiger partial charge in [-0.05, 0) is 56.2 Å². The first-order valence-corrected chi connectivity index (χ1v) is 8.72. The molecule has 6 nitrogen and oxygen atoms in total. The van der Waals surface area contributed by atoms with Gasteiger partial charge >= 0.3 is 0 Å². The molecule has 0 radical (unpaired) electrons. The van der Waals surface area contributed by atoms with Gasteiger partial charge in [0, 0.05) is 11.7 Å². The van der Waals surface area contributed by atoms with E-state index in [1.54, 1.807) is 4.68 Å². The number of para-hydroxylation sites is 1. The van der Waals surface area contributed by atoms with Crippen LogP contribution in [0, 0.1) is 0 Å². The summed E-state index contributed by atoms with van der Waals surface area (Å²) in [6.45, 7) is 8.05. The van der Waals surface area contributed by atoms with E-state index >= 15 is 0 Å². The number of carbonyl (C=O) groups excluding carboxylic acids is 1. The molecule has 1 aromatic heterocycles. The van der Waals surface area contributed by atoms with E-state index in [0.717, 1.165) is 12.1 Å². The molecular formula is C16H21N5OS. The predicted octanol–water partition coefficient (Wildman–Crippen LogP) is 2.71. The Balaban J connectivity index is 1.79. The molecule has 0 bridgehead atoms. The molecular weight excluding hydrogens is 310 g/mol. The number of thioether (sulfide) groups is 1. The second-order valence-electron chi connectivity index (χ2n) is 6.15. The molecule has 2 atom stereocenters. The van der Waals surface area contributed by atoms with Gasteiger partial charge in [0.05, 0.1) is 11.3 Å². The van der Waals surface area contributed by atoms with E-state index in [0.29, 0.717) is 5.16 Å². The Hall–Kier alpha value is -1.89. The highest BCUT2D eigenvalue weighted by atomic mass is 32.2. The Morgan fingerprint density at radius 2 is 2.04 bits per heavy atom. The van der Waals surface area contributed by atoms with Gasteiger partial charge in [0.2, 0.25) is 11.1 Å². The lowest BCUT2D eigenvalue weighted by Gasteiger charge is -2.25. The summed E-state index contributed by atoms with van der Waals surface area (Å²) in [5, 5.41) is 12.2. The highest BCUT2D eigenvalue weighted by molar-refractivity contribution is 8.00. The summed E-state index contributed by atoms with van der Waals surface area (Å²) in [7, 11) is 0.